The Labute approximate surface area is 215 Å². The molecular weight excluding hydrogens is 472 g/mol. The molecule has 192 valence electrons. The third-order valence-corrected chi connectivity index (χ3v) is 7.02. The number of carbonyl (C=O) groups excluding carboxylic acids is 1. The highest BCUT2D eigenvalue weighted by Gasteiger charge is 2.21. The molecule has 1 N–H and O–H groups in total. The first-order valence-electron chi connectivity index (χ1n) is 12.2. The van der Waals surface area contributed by atoms with Crippen molar-refractivity contribution in [1.82, 2.24) is 5.32 Å². The number of benzene rings is 3. The summed E-state index contributed by atoms with van der Waals surface area (Å²) < 4.78 is 32.3. The Morgan fingerprint density at radius 3 is 2.19 bits per heavy atom. The van der Waals surface area contributed by atoms with Crippen LogP contribution < -0.4 is 14.4 Å². The Morgan fingerprint density at radius 1 is 0.917 bits per heavy atom. The molecule has 3 aromatic rings. The Hall–Kier alpha value is -3.32. The zero-order valence-corrected chi connectivity index (χ0v) is 22.3. The molecule has 0 bridgehead atoms. The van der Waals surface area contributed by atoms with Crippen LogP contribution in [0.1, 0.15) is 39.2 Å². The van der Waals surface area contributed by atoms with Gasteiger partial charge in [-0.3, -0.25) is 9.10 Å². The number of nitrogens with one attached hydrogen (secondary N) is 1. The molecule has 0 saturated carbocycles. The summed E-state index contributed by atoms with van der Waals surface area (Å²) in [7, 11) is -3.53. The molecule has 0 aromatic heterocycles. The first kappa shape index (κ1) is 27.3. The Balaban J connectivity index is 1.50. The van der Waals surface area contributed by atoms with Gasteiger partial charge in [0.15, 0.2) is 0 Å². The maximum absolute atomic E-state index is 12.6. The number of amides is 1. The van der Waals surface area contributed by atoms with E-state index < -0.39 is 10.0 Å². The van der Waals surface area contributed by atoms with E-state index in [9.17, 15) is 13.2 Å². The van der Waals surface area contributed by atoms with E-state index in [1.54, 1.807) is 6.07 Å². The molecule has 7 heteroatoms. The number of sulfonamides is 1. The van der Waals surface area contributed by atoms with Crippen LogP contribution in [0.3, 0.4) is 0 Å². The van der Waals surface area contributed by atoms with Crippen LogP contribution in [0, 0.1) is 0 Å². The van der Waals surface area contributed by atoms with Gasteiger partial charge in [-0.2, -0.15) is 0 Å². The standard InChI is InChI=1S/C29H36N2O4S/c1-29(2,3)24-16-18-25(19-17-24)35-22-20-30-28(32)15-10-21-31(36(4,33)34)27-14-9-8-13-26(27)23-11-6-5-7-12-23/h5-9,11-14,16-19H,10,15,20-22H2,1-4H3,(H,30,32). The molecule has 0 fully saturated rings. The lowest BCUT2D eigenvalue weighted by molar-refractivity contribution is -0.121. The van der Waals surface area contributed by atoms with Gasteiger partial charge < -0.3 is 10.1 Å². The monoisotopic (exact) mass is 508 g/mol. The second-order valence-electron chi connectivity index (χ2n) is 9.79. The number of carbonyl (C=O) groups is 1. The van der Waals surface area contributed by atoms with Crippen molar-refractivity contribution in [3.63, 3.8) is 0 Å². The van der Waals surface area contributed by atoms with Gasteiger partial charge >= 0.3 is 0 Å². The molecule has 3 rings (SSSR count). The minimum Gasteiger partial charge on any atom is -0.492 e. The molecule has 0 spiro atoms. The van der Waals surface area contributed by atoms with Crippen LogP contribution in [0.4, 0.5) is 5.69 Å². The number of hydrogen-bond donors (Lipinski definition) is 1. The Morgan fingerprint density at radius 2 is 1.56 bits per heavy atom. The highest BCUT2D eigenvalue weighted by Crippen LogP contribution is 2.32. The van der Waals surface area contributed by atoms with Crippen molar-refractivity contribution in [3.8, 4) is 16.9 Å². The van der Waals surface area contributed by atoms with Crippen LogP contribution in [0.2, 0.25) is 0 Å². The number of anilines is 1. The second kappa shape index (κ2) is 12.1. The molecule has 6 nitrogen and oxygen atoms in total. The number of rotatable bonds is 11. The fraction of sp³-hybridized carbons (Fsp3) is 0.345. The maximum atomic E-state index is 12.6. The van der Waals surface area contributed by atoms with Gasteiger partial charge in [-0.25, -0.2) is 8.42 Å². The molecule has 0 aliphatic heterocycles. The first-order chi connectivity index (χ1) is 17.1. The summed E-state index contributed by atoms with van der Waals surface area (Å²) in [5.41, 5.74) is 3.70. The third-order valence-electron chi connectivity index (χ3n) is 5.84. The molecule has 0 aliphatic carbocycles. The van der Waals surface area contributed by atoms with E-state index in [1.807, 2.05) is 60.7 Å². The average molecular weight is 509 g/mol. The molecule has 0 atom stereocenters. The van der Waals surface area contributed by atoms with Gasteiger partial charge in [0.25, 0.3) is 0 Å². The van der Waals surface area contributed by atoms with Crippen molar-refractivity contribution in [2.24, 2.45) is 0 Å². The van der Waals surface area contributed by atoms with Gasteiger partial charge in [0, 0.05) is 18.5 Å². The zero-order valence-electron chi connectivity index (χ0n) is 21.5. The minimum absolute atomic E-state index is 0.0861. The lowest BCUT2D eigenvalue weighted by atomic mass is 9.87. The number of nitrogens with zero attached hydrogens (tertiary/aromatic N) is 1. The van der Waals surface area contributed by atoms with E-state index >= 15 is 0 Å². The van der Waals surface area contributed by atoms with E-state index in [0.29, 0.717) is 25.3 Å². The summed E-state index contributed by atoms with van der Waals surface area (Å²) in [5, 5.41) is 2.85. The predicted octanol–water partition coefficient (Wildman–Crippen LogP) is 5.39. The second-order valence-corrected chi connectivity index (χ2v) is 11.7. The summed E-state index contributed by atoms with van der Waals surface area (Å²) in [5.74, 6) is 0.629. The van der Waals surface area contributed by atoms with Gasteiger partial charge in [-0.1, -0.05) is 81.4 Å². The molecular formula is C29H36N2O4S. The Kier molecular flexibility index (Phi) is 9.15. The lowest BCUT2D eigenvalue weighted by Gasteiger charge is -2.25. The topological polar surface area (TPSA) is 75.7 Å². The van der Waals surface area contributed by atoms with Crippen molar-refractivity contribution in [3.05, 3.63) is 84.4 Å². The van der Waals surface area contributed by atoms with Crippen LogP contribution in [0.15, 0.2) is 78.9 Å². The smallest absolute Gasteiger partial charge is 0.232 e. The number of ether oxygens (including phenoxy) is 1. The highest BCUT2D eigenvalue weighted by atomic mass is 32.2. The lowest BCUT2D eigenvalue weighted by Crippen LogP contribution is -2.33. The van der Waals surface area contributed by atoms with Crippen LogP contribution in [-0.2, 0) is 20.2 Å². The Bertz CT molecular complexity index is 1230. The van der Waals surface area contributed by atoms with E-state index in [4.69, 9.17) is 4.74 Å². The molecule has 0 unspecified atom stereocenters. The van der Waals surface area contributed by atoms with E-state index in [1.165, 1.54) is 16.1 Å². The fourth-order valence-electron chi connectivity index (χ4n) is 3.90. The summed E-state index contributed by atoms with van der Waals surface area (Å²) in [6, 6.07) is 25.1. The zero-order chi connectivity index (χ0) is 26.2. The van der Waals surface area contributed by atoms with E-state index in [-0.39, 0.29) is 24.3 Å². The largest absolute Gasteiger partial charge is 0.492 e. The SMILES string of the molecule is CC(C)(C)c1ccc(OCCNC(=O)CCCN(c2ccccc2-c2ccccc2)S(C)(=O)=O)cc1. The van der Waals surface area contributed by atoms with Gasteiger partial charge in [-0.05, 0) is 41.2 Å². The molecule has 3 aromatic carbocycles. The third kappa shape index (κ3) is 7.85. The number of hydrogen-bond acceptors (Lipinski definition) is 4. The predicted molar refractivity (Wildman–Crippen MR) is 147 cm³/mol. The highest BCUT2D eigenvalue weighted by molar-refractivity contribution is 7.92. The minimum atomic E-state index is -3.53. The molecule has 36 heavy (non-hydrogen) atoms. The maximum Gasteiger partial charge on any atom is 0.232 e. The quantitative estimate of drug-likeness (QED) is 0.352. The van der Waals surface area contributed by atoms with Gasteiger partial charge in [0.1, 0.15) is 12.4 Å². The first-order valence-corrected chi connectivity index (χ1v) is 14.0. The fourth-order valence-corrected chi connectivity index (χ4v) is 4.88. The van der Waals surface area contributed by atoms with E-state index in [2.05, 4.69) is 38.2 Å². The number of para-hydroxylation sites is 1. The van der Waals surface area contributed by atoms with Crippen LogP contribution >= 0.6 is 0 Å². The molecule has 1 amide bonds. The van der Waals surface area contributed by atoms with Gasteiger partial charge in [-0.15, -0.1) is 0 Å². The van der Waals surface area contributed by atoms with Crippen molar-refractivity contribution in [2.75, 3.05) is 30.3 Å². The average Bonchev–Trinajstić information content (AvgIpc) is 2.84. The summed E-state index contributed by atoms with van der Waals surface area (Å²) >= 11 is 0. The van der Waals surface area contributed by atoms with Gasteiger partial charge in [0.2, 0.25) is 15.9 Å². The van der Waals surface area contributed by atoms with Crippen LogP contribution in [0.5, 0.6) is 5.75 Å². The molecule has 0 heterocycles. The molecule has 0 radical (unpaired) electrons. The van der Waals surface area contributed by atoms with Crippen molar-refractivity contribution >= 4 is 21.6 Å². The summed E-state index contributed by atoms with van der Waals surface area (Å²) in [4.78, 5) is 12.3. The molecule has 0 saturated heterocycles. The van der Waals surface area contributed by atoms with Crippen molar-refractivity contribution < 1.29 is 17.9 Å². The van der Waals surface area contributed by atoms with Crippen LogP contribution in [0.25, 0.3) is 11.1 Å². The van der Waals surface area contributed by atoms with Crippen molar-refractivity contribution in [2.45, 2.75) is 39.0 Å². The van der Waals surface area contributed by atoms with E-state index in [0.717, 1.165) is 16.9 Å². The summed E-state index contributed by atoms with van der Waals surface area (Å²) in [6.07, 6.45) is 1.82. The van der Waals surface area contributed by atoms with Crippen LogP contribution in [-0.4, -0.2) is 40.3 Å². The van der Waals surface area contributed by atoms with Crippen molar-refractivity contribution in [1.29, 1.82) is 0 Å². The van der Waals surface area contributed by atoms with Gasteiger partial charge in [0.05, 0.1) is 18.5 Å². The molecule has 0 aliphatic rings. The summed E-state index contributed by atoms with van der Waals surface area (Å²) in [6.45, 7) is 7.44. The normalized spacial score (nSPS) is 11.7.